The van der Waals surface area contributed by atoms with Gasteiger partial charge in [0.15, 0.2) is 0 Å². The second-order valence-corrected chi connectivity index (χ2v) is 7.32. The highest BCUT2D eigenvalue weighted by atomic mass is 35.5. The minimum Gasteiger partial charge on any atom is -0.496 e. The number of anilines is 1. The zero-order chi connectivity index (χ0) is 19.3. The zero-order valence-electron chi connectivity index (χ0n) is 15.6. The molecule has 0 saturated carbocycles. The predicted molar refractivity (Wildman–Crippen MR) is 107 cm³/mol. The van der Waals surface area contributed by atoms with E-state index >= 15 is 0 Å². The van der Waals surface area contributed by atoms with Crippen molar-refractivity contribution >= 4 is 23.2 Å². The normalized spacial score (nSPS) is 12.5. The van der Waals surface area contributed by atoms with Gasteiger partial charge in [-0.2, -0.15) is 0 Å². The molecule has 1 amide bonds. The van der Waals surface area contributed by atoms with Gasteiger partial charge in [-0.1, -0.05) is 41.9 Å². The molecule has 2 aromatic carbocycles. The van der Waals surface area contributed by atoms with Gasteiger partial charge < -0.3 is 21.1 Å². The fourth-order valence-corrected chi connectivity index (χ4v) is 2.94. The average molecular weight is 376 g/mol. The molecule has 4 N–H and O–H groups in total. The molecule has 0 saturated heterocycles. The second-order valence-electron chi connectivity index (χ2n) is 6.92. The Morgan fingerprint density at radius 2 is 1.92 bits per heavy atom. The van der Waals surface area contributed by atoms with Crippen molar-refractivity contribution < 1.29 is 9.53 Å². The summed E-state index contributed by atoms with van der Waals surface area (Å²) in [6, 6.07) is 13.4. The molecule has 0 spiro atoms. The third-order valence-electron chi connectivity index (χ3n) is 4.16. The minimum atomic E-state index is -0.310. The molecule has 1 atom stereocenters. The van der Waals surface area contributed by atoms with E-state index in [4.69, 9.17) is 22.1 Å². The maximum Gasteiger partial charge on any atom is 0.255 e. The molecular weight excluding hydrogens is 350 g/mol. The van der Waals surface area contributed by atoms with Gasteiger partial charge in [-0.3, -0.25) is 4.79 Å². The van der Waals surface area contributed by atoms with Gasteiger partial charge in [0, 0.05) is 24.2 Å². The molecule has 0 bridgehead atoms. The molecule has 1 unspecified atom stereocenters. The Morgan fingerprint density at radius 1 is 1.27 bits per heavy atom. The fourth-order valence-electron chi connectivity index (χ4n) is 2.77. The van der Waals surface area contributed by atoms with E-state index in [1.165, 1.54) is 18.7 Å². The molecule has 5 nitrogen and oxygen atoms in total. The third-order valence-corrected chi connectivity index (χ3v) is 4.49. The first kappa shape index (κ1) is 20.1. The Labute approximate surface area is 159 Å². The number of halogens is 1. The summed E-state index contributed by atoms with van der Waals surface area (Å²) in [5.74, 6) is 0.138. The van der Waals surface area contributed by atoms with Crippen LogP contribution in [0.25, 0.3) is 0 Å². The van der Waals surface area contributed by atoms with Crippen LogP contribution in [0.1, 0.15) is 42.7 Å². The van der Waals surface area contributed by atoms with E-state index in [9.17, 15) is 4.79 Å². The van der Waals surface area contributed by atoms with Crippen molar-refractivity contribution in [1.82, 2.24) is 10.6 Å². The number of ether oxygens (including phenoxy) is 1. The van der Waals surface area contributed by atoms with Gasteiger partial charge in [-0.05, 0) is 32.4 Å². The largest absolute Gasteiger partial charge is 0.496 e. The van der Waals surface area contributed by atoms with Crippen molar-refractivity contribution in [3.63, 3.8) is 0 Å². The van der Waals surface area contributed by atoms with Crippen molar-refractivity contribution in [2.45, 2.75) is 32.4 Å². The summed E-state index contributed by atoms with van der Waals surface area (Å²) >= 11 is 6.04. The summed E-state index contributed by atoms with van der Waals surface area (Å²) in [5, 5.41) is 6.80. The molecule has 0 aliphatic rings. The number of nitrogens with two attached hydrogens (primary N) is 1. The second kappa shape index (κ2) is 8.43. The first-order chi connectivity index (χ1) is 12.2. The Hall–Kier alpha value is -2.24. The quantitative estimate of drug-likeness (QED) is 0.643. The summed E-state index contributed by atoms with van der Waals surface area (Å²) in [5.41, 5.74) is 7.38. The van der Waals surface area contributed by atoms with Crippen molar-refractivity contribution in [2.75, 3.05) is 19.4 Å². The molecule has 0 aliphatic carbocycles. The molecule has 6 heteroatoms. The number of carbonyl (C=O) groups is 1. The van der Waals surface area contributed by atoms with Crippen LogP contribution in [0.2, 0.25) is 5.02 Å². The van der Waals surface area contributed by atoms with Crippen LogP contribution in [0.3, 0.4) is 0 Å². The molecule has 140 valence electrons. The first-order valence-electron chi connectivity index (χ1n) is 8.47. The highest BCUT2D eigenvalue weighted by Gasteiger charge is 2.23. The smallest absolute Gasteiger partial charge is 0.255 e. The van der Waals surface area contributed by atoms with Crippen LogP contribution >= 0.6 is 11.6 Å². The molecular formula is C20H26ClN3O2. The molecule has 0 aliphatic heterocycles. The summed E-state index contributed by atoms with van der Waals surface area (Å²) < 4.78 is 5.24. The standard InChI is InChI=1S/C20H26ClN3O2/c1-13(14-8-6-5-7-9-14)24-20(2,3)12-23-19(25)15-10-16(21)17(22)11-18(15)26-4/h5-11,13,24H,12,22H2,1-4H3,(H,23,25). The summed E-state index contributed by atoms with van der Waals surface area (Å²) in [6.07, 6.45) is 0. The number of methoxy groups -OCH3 is 1. The van der Waals surface area contributed by atoms with E-state index in [0.717, 1.165) is 0 Å². The molecule has 0 fully saturated rings. The predicted octanol–water partition coefficient (Wildman–Crippen LogP) is 3.79. The number of hydrogen-bond acceptors (Lipinski definition) is 4. The molecule has 0 heterocycles. The van der Waals surface area contributed by atoms with Crippen molar-refractivity contribution in [3.05, 3.63) is 58.6 Å². The highest BCUT2D eigenvalue weighted by Crippen LogP contribution is 2.28. The van der Waals surface area contributed by atoms with Crippen LogP contribution in [0.4, 0.5) is 5.69 Å². The summed E-state index contributed by atoms with van der Waals surface area (Å²) in [4.78, 5) is 12.6. The number of rotatable bonds is 7. The maximum atomic E-state index is 12.6. The van der Waals surface area contributed by atoms with Gasteiger partial charge in [0.2, 0.25) is 0 Å². The highest BCUT2D eigenvalue weighted by molar-refractivity contribution is 6.33. The Morgan fingerprint density at radius 3 is 2.54 bits per heavy atom. The van der Waals surface area contributed by atoms with Gasteiger partial charge in [-0.25, -0.2) is 0 Å². The number of benzene rings is 2. The van der Waals surface area contributed by atoms with E-state index < -0.39 is 0 Å². The van der Waals surface area contributed by atoms with Gasteiger partial charge in [0.05, 0.1) is 23.4 Å². The molecule has 26 heavy (non-hydrogen) atoms. The number of amides is 1. The first-order valence-corrected chi connectivity index (χ1v) is 8.85. The van der Waals surface area contributed by atoms with Crippen LogP contribution in [-0.2, 0) is 0 Å². The lowest BCUT2D eigenvalue weighted by Gasteiger charge is -2.31. The van der Waals surface area contributed by atoms with Crippen LogP contribution in [0.5, 0.6) is 5.75 Å². The average Bonchev–Trinajstić information content (AvgIpc) is 2.62. The van der Waals surface area contributed by atoms with Gasteiger partial charge in [-0.15, -0.1) is 0 Å². The van der Waals surface area contributed by atoms with Gasteiger partial charge >= 0.3 is 0 Å². The number of carbonyl (C=O) groups excluding carboxylic acids is 1. The molecule has 2 rings (SSSR count). The van der Waals surface area contributed by atoms with E-state index in [1.807, 2.05) is 32.0 Å². The lowest BCUT2D eigenvalue weighted by molar-refractivity contribution is 0.0938. The molecule has 0 radical (unpaired) electrons. The van der Waals surface area contributed by atoms with E-state index in [1.54, 1.807) is 6.07 Å². The van der Waals surface area contributed by atoms with E-state index in [2.05, 4.69) is 29.7 Å². The minimum absolute atomic E-state index is 0.156. The summed E-state index contributed by atoms with van der Waals surface area (Å²) in [6.45, 7) is 6.62. The van der Waals surface area contributed by atoms with Crippen LogP contribution in [-0.4, -0.2) is 25.1 Å². The zero-order valence-corrected chi connectivity index (χ0v) is 16.4. The number of nitrogen functional groups attached to an aromatic ring is 1. The fraction of sp³-hybridized carbons (Fsp3) is 0.350. The lowest BCUT2D eigenvalue weighted by Crippen LogP contribution is -2.49. The number of nitrogens with one attached hydrogen (secondary N) is 2. The monoisotopic (exact) mass is 375 g/mol. The maximum absolute atomic E-state index is 12.6. The van der Waals surface area contributed by atoms with Crippen LogP contribution in [0, 0.1) is 0 Å². The summed E-state index contributed by atoms with van der Waals surface area (Å²) in [7, 11) is 1.49. The van der Waals surface area contributed by atoms with Crippen molar-refractivity contribution in [3.8, 4) is 5.75 Å². The third kappa shape index (κ3) is 5.13. The van der Waals surface area contributed by atoms with E-state index in [0.29, 0.717) is 28.6 Å². The van der Waals surface area contributed by atoms with Crippen LogP contribution in [0.15, 0.2) is 42.5 Å². The lowest BCUT2D eigenvalue weighted by atomic mass is 10.0. The topological polar surface area (TPSA) is 76.4 Å². The Balaban J connectivity index is 2.03. The van der Waals surface area contributed by atoms with Crippen molar-refractivity contribution in [2.24, 2.45) is 0 Å². The van der Waals surface area contributed by atoms with Gasteiger partial charge in [0.25, 0.3) is 5.91 Å². The molecule has 0 aromatic heterocycles. The number of hydrogen-bond donors (Lipinski definition) is 3. The van der Waals surface area contributed by atoms with Crippen molar-refractivity contribution in [1.29, 1.82) is 0 Å². The van der Waals surface area contributed by atoms with Gasteiger partial charge in [0.1, 0.15) is 5.75 Å². The Kier molecular flexibility index (Phi) is 6.51. The van der Waals surface area contributed by atoms with Crippen LogP contribution < -0.4 is 21.1 Å². The van der Waals surface area contributed by atoms with E-state index in [-0.39, 0.29) is 17.5 Å². The molecule has 2 aromatic rings. The SMILES string of the molecule is COc1cc(N)c(Cl)cc1C(=O)NCC(C)(C)NC(C)c1ccccc1. The Bertz CT molecular complexity index is 763.